The Kier molecular flexibility index (Phi) is 5.40. The van der Waals surface area contributed by atoms with Gasteiger partial charge in [-0.15, -0.1) is 10.2 Å². The highest BCUT2D eigenvalue weighted by atomic mass is 19.1. The van der Waals surface area contributed by atoms with Crippen molar-refractivity contribution in [3.63, 3.8) is 0 Å². The van der Waals surface area contributed by atoms with Gasteiger partial charge in [0.25, 0.3) is 11.4 Å². The molecule has 12 heteroatoms. The molecule has 0 aliphatic rings. The Morgan fingerprint density at radius 1 is 1.06 bits per heavy atom. The van der Waals surface area contributed by atoms with Crippen molar-refractivity contribution in [3.05, 3.63) is 70.4 Å². The number of hydrogen-bond acceptors (Lipinski definition) is 9. The van der Waals surface area contributed by atoms with Gasteiger partial charge >= 0.3 is 0 Å². The Balaban J connectivity index is 1.78. The Labute approximate surface area is 201 Å². The SMILES string of the molecule is Cc1nnc(-c2cc3c(=O)n(C)cc(-c4cc(C(C)(C)O)cnc4Oc4c(F)cncc4F)c3o2)o1. The molecule has 0 fully saturated rings. The molecular weight excluding hydrogens is 476 g/mol. The van der Waals surface area contributed by atoms with E-state index in [4.69, 9.17) is 13.6 Å². The normalized spacial score (nSPS) is 11.9. The van der Waals surface area contributed by atoms with Crippen molar-refractivity contribution < 1.29 is 27.5 Å². The molecule has 0 saturated heterocycles. The van der Waals surface area contributed by atoms with E-state index in [0.717, 1.165) is 12.4 Å². The smallest absolute Gasteiger partial charge is 0.283 e. The molecule has 36 heavy (non-hydrogen) atoms. The van der Waals surface area contributed by atoms with Crippen LogP contribution in [0.2, 0.25) is 0 Å². The van der Waals surface area contributed by atoms with Crippen LogP contribution in [0.1, 0.15) is 25.3 Å². The molecular formula is C24H19F2N5O5. The average Bonchev–Trinajstić information content (AvgIpc) is 3.45. The van der Waals surface area contributed by atoms with Crippen LogP contribution in [0.15, 0.2) is 50.5 Å². The number of rotatable bonds is 5. The van der Waals surface area contributed by atoms with Gasteiger partial charge in [0.05, 0.1) is 28.9 Å². The molecule has 0 aromatic carbocycles. The second kappa shape index (κ2) is 8.34. The van der Waals surface area contributed by atoms with E-state index in [1.54, 1.807) is 20.8 Å². The Morgan fingerprint density at radius 3 is 2.42 bits per heavy atom. The number of halogens is 2. The lowest BCUT2D eigenvalue weighted by Crippen LogP contribution is -2.17. The van der Waals surface area contributed by atoms with Crippen LogP contribution in [0.4, 0.5) is 8.78 Å². The lowest BCUT2D eigenvalue weighted by atomic mass is 9.96. The first-order valence-corrected chi connectivity index (χ1v) is 10.7. The summed E-state index contributed by atoms with van der Waals surface area (Å²) in [5, 5.41) is 18.5. The Hall–Kier alpha value is -4.45. The van der Waals surface area contributed by atoms with E-state index in [-0.39, 0.29) is 39.6 Å². The third-order valence-electron chi connectivity index (χ3n) is 5.44. The van der Waals surface area contributed by atoms with Crippen molar-refractivity contribution in [3.8, 4) is 34.4 Å². The monoisotopic (exact) mass is 495 g/mol. The van der Waals surface area contributed by atoms with E-state index in [9.17, 15) is 18.7 Å². The molecule has 5 heterocycles. The highest BCUT2D eigenvalue weighted by Gasteiger charge is 2.25. The van der Waals surface area contributed by atoms with Crippen molar-refractivity contribution >= 4 is 11.0 Å². The maximum atomic E-state index is 14.3. The third kappa shape index (κ3) is 4.01. The first-order chi connectivity index (χ1) is 17.0. The summed E-state index contributed by atoms with van der Waals surface area (Å²) in [4.78, 5) is 20.6. The topological polar surface area (TPSA) is 129 Å². The van der Waals surface area contributed by atoms with E-state index in [2.05, 4.69) is 20.2 Å². The van der Waals surface area contributed by atoms with E-state index < -0.39 is 23.0 Å². The van der Waals surface area contributed by atoms with Crippen LogP contribution in [-0.2, 0) is 12.6 Å². The molecule has 5 aromatic heterocycles. The molecule has 5 rings (SSSR count). The Bertz CT molecular complexity index is 1660. The number of hydrogen-bond donors (Lipinski definition) is 1. The zero-order chi connectivity index (χ0) is 25.8. The standard InChI is InChI=1S/C24H19F2N5O5/c1-11-29-30-22(34-11)18-6-14-19(35-18)15(10-31(4)23(14)32)13-5-12(24(2,3)33)7-28-21(13)36-20-16(25)8-27-9-17(20)26/h5-10,33H,1-4H3. The number of fused-ring (bicyclic) bond motifs is 1. The molecule has 0 aliphatic heterocycles. The van der Waals surface area contributed by atoms with Crippen LogP contribution in [0.3, 0.4) is 0 Å². The lowest BCUT2D eigenvalue weighted by molar-refractivity contribution is 0.0782. The van der Waals surface area contributed by atoms with Gasteiger partial charge in [-0.1, -0.05) is 0 Å². The molecule has 184 valence electrons. The predicted octanol–water partition coefficient (Wildman–Crippen LogP) is 4.24. The molecule has 0 amide bonds. The van der Waals surface area contributed by atoms with Crippen molar-refractivity contribution in [2.75, 3.05) is 0 Å². The van der Waals surface area contributed by atoms with E-state index in [1.807, 2.05) is 0 Å². The third-order valence-corrected chi connectivity index (χ3v) is 5.44. The van der Waals surface area contributed by atoms with Crippen LogP contribution >= 0.6 is 0 Å². The van der Waals surface area contributed by atoms with Crippen molar-refractivity contribution in [2.24, 2.45) is 7.05 Å². The first-order valence-electron chi connectivity index (χ1n) is 10.7. The van der Waals surface area contributed by atoms with Gasteiger partial charge in [-0.05, 0) is 19.9 Å². The molecule has 0 atom stereocenters. The number of aryl methyl sites for hydroxylation is 2. The predicted molar refractivity (Wildman–Crippen MR) is 122 cm³/mol. The van der Waals surface area contributed by atoms with Crippen LogP contribution in [0.5, 0.6) is 11.6 Å². The second-order valence-corrected chi connectivity index (χ2v) is 8.61. The largest absolute Gasteiger partial charge is 0.450 e. The quantitative estimate of drug-likeness (QED) is 0.380. The van der Waals surface area contributed by atoms with Gasteiger partial charge in [-0.3, -0.25) is 9.78 Å². The highest BCUT2D eigenvalue weighted by molar-refractivity contribution is 5.94. The second-order valence-electron chi connectivity index (χ2n) is 8.61. The fourth-order valence-corrected chi connectivity index (χ4v) is 3.60. The van der Waals surface area contributed by atoms with E-state index in [0.29, 0.717) is 17.0 Å². The number of aliphatic hydroxyl groups is 1. The minimum atomic E-state index is -1.32. The van der Waals surface area contributed by atoms with Gasteiger partial charge in [-0.2, -0.15) is 0 Å². The molecule has 10 nitrogen and oxygen atoms in total. The molecule has 0 bridgehead atoms. The summed E-state index contributed by atoms with van der Waals surface area (Å²) in [5.41, 5.74) is -0.684. The van der Waals surface area contributed by atoms with Crippen molar-refractivity contribution in [2.45, 2.75) is 26.4 Å². The number of nitrogens with zero attached hydrogens (tertiary/aromatic N) is 5. The van der Waals surface area contributed by atoms with Gasteiger partial charge in [0.1, 0.15) is 5.58 Å². The Morgan fingerprint density at radius 2 is 1.78 bits per heavy atom. The van der Waals surface area contributed by atoms with Crippen molar-refractivity contribution in [1.29, 1.82) is 0 Å². The fraction of sp³-hybridized carbons (Fsp3) is 0.208. The zero-order valence-corrected chi connectivity index (χ0v) is 19.5. The van der Waals surface area contributed by atoms with Crippen LogP contribution < -0.4 is 10.3 Å². The number of aromatic nitrogens is 5. The van der Waals surface area contributed by atoms with Gasteiger partial charge in [0.2, 0.25) is 17.5 Å². The zero-order valence-electron chi connectivity index (χ0n) is 19.5. The summed E-state index contributed by atoms with van der Waals surface area (Å²) in [7, 11) is 1.53. The maximum absolute atomic E-state index is 14.3. The lowest BCUT2D eigenvalue weighted by Gasteiger charge is -2.20. The number of furan rings is 1. The fourth-order valence-electron chi connectivity index (χ4n) is 3.60. The molecule has 0 unspecified atom stereocenters. The molecule has 0 spiro atoms. The molecule has 0 saturated carbocycles. The minimum absolute atomic E-state index is 0.0671. The first kappa shape index (κ1) is 23.3. The van der Waals surface area contributed by atoms with Gasteiger partial charge in [0.15, 0.2) is 17.4 Å². The van der Waals surface area contributed by atoms with Crippen molar-refractivity contribution in [1.82, 2.24) is 24.7 Å². The summed E-state index contributed by atoms with van der Waals surface area (Å²) < 4.78 is 46.9. The van der Waals surface area contributed by atoms with E-state index >= 15 is 0 Å². The summed E-state index contributed by atoms with van der Waals surface area (Å²) in [6.45, 7) is 4.71. The van der Waals surface area contributed by atoms with Crippen LogP contribution in [-0.4, -0.2) is 29.8 Å². The minimum Gasteiger partial charge on any atom is -0.450 e. The van der Waals surface area contributed by atoms with Gasteiger partial charge in [0, 0.05) is 43.6 Å². The van der Waals surface area contributed by atoms with Gasteiger partial charge in [-0.25, -0.2) is 13.8 Å². The molecule has 5 aromatic rings. The summed E-state index contributed by atoms with van der Waals surface area (Å²) in [5.74, 6) is -2.46. The van der Waals surface area contributed by atoms with Crippen LogP contribution in [0, 0.1) is 18.6 Å². The number of ether oxygens (including phenoxy) is 1. The summed E-state index contributed by atoms with van der Waals surface area (Å²) in [6.07, 6.45) is 4.40. The average molecular weight is 495 g/mol. The summed E-state index contributed by atoms with van der Waals surface area (Å²) in [6, 6.07) is 3.00. The highest BCUT2D eigenvalue weighted by Crippen LogP contribution is 2.40. The number of pyridine rings is 3. The van der Waals surface area contributed by atoms with Gasteiger partial charge < -0.3 is 23.2 Å². The summed E-state index contributed by atoms with van der Waals surface area (Å²) >= 11 is 0. The molecule has 0 radical (unpaired) electrons. The van der Waals surface area contributed by atoms with Crippen LogP contribution in [0.25, 0.3) is 33.7 Å². The molecule has 1 N–H and O–H groups in total. The molecule has 0 aliphatic carbocycles. The van der Waals surface area contributed by atoms with E-state index in [1.165, 1.54) is 36.1 Å². The maximum Gasteiger partial charge on any atom is 0.283 e.